The largest absolute Gasteiger partial charge is 0.368 e. The number of rotatable bonds is 8. The number of amides is 3. The molecule has 6 heteroatoms. The van der Waals surface area contributed by atoms with Gasteiger partial charge in [-0.2, -0.15) is 0 Å². The predicted molar refractivity (Wildman–Crippen MR) is 117 cm³/mol. The topological polar surface area (TPSA) is 101 Å². The highest BCUT2D eigenvalue weighted by atomic mass is 16.2. The van der Waals surface area contributed by atoms with E-state index in [1.807, 2.05) is 72.8 Å². The van der Waals surface area contributed by atoms with Gasteiger partial charge in [0.1, 0.15) is 12.1 Å². The van der Waals surface area contributed by atoms with Crippen molar-refractivity contribution in [3.05, 3.63) is 83.9 Å². The van der Waals surface area contributed by atoms with Crippen LogP contribution < -0.4 is 16.4 Å². The lowest BCUT2D eigenvalue weighted by Crippen LogP contribution is -2.53. The Morgan fingerprint density at radius 3 is 2.27 bits per heavy atom. The SMILES string of the molecule is C[C@H](NC(=O)[C@H](Cc1ccccc1)NC(=O)Cc1cccc2ccccc12)C(N)=O. The van der Waals surface area contributed by atoms with Crippen LogP contribution in [0.15, 0.2) is 72.8 Å². The third kappa shape index (κ3) is 5.44. The Hall–Kier alpha value is -3.67. The zero-order valence-corrected chi connectivity index (χ0v) is 16.8. The number of carbonyl (C=O) groups excluding carboxylic acids is 3. The summed E-state index contributed by atoms with van der Waals surface area (Å²) in [5, 5.41) is 7.44. The highest BCUT2D eigenvalue weighted by Crippen LogP contribution is 2.19. The van der Waals surface area contributed by atoms with Crippen LogP contribution in [0.3, 0.4) is 0 Å². The summed E-state index contributed by atoms with van der Waals surface area (Å²) < 4.78 is 0. The van der Waals surface area contributed by atoms with E-state index in [2.05, 4.69) is 10.6 Å². The molecule has 0 heterocycles. The summed E-state index contributed by atoms with van der Waals surface area (Å²) >= 11 is 0. The van der Waals surface area contributed by atoms with Crippen molar-refractivity contribution in [2.75, 3.05) is 0 Å². The maximum Gasteiger partial charge on any atom is 0.243 e. The van der Waals surface area contributed by atoms with Crippen molar-refractivity contribution >= 4 is 28.5 Å². The van der Waals surface area contributed by atoms with Crippen LogP contribution in [-0.4, -0.2) is 29.8 Å². The molecule has 0 aliphatic carbocycles. The summed E-state index contributed by atoms with van der Waals surface area (Å²) in [6.07, 6.45) is 0.449. The third-order valence-corrected chi connectivity index (χ3v) is 4.95. The van der Waals surface area contributed by atoms with Crippen molar-refractivity contribution in [3.8, 4) is 0 Å². The minimum Gasteiger partial charge on any atom is -0.368 e. The van der Waals surface area contributed by atoms with E-state index in [9.17, 15) is 14.4 Å². The highest BCUT2D eigenvalue weighted by Gasteiger charge is 2.24. The molecule has 0 fully saturated rings. The zero-order valence-electron chi connectivity index (χ0n) is 16.8. The summed E-state index contributed by atoms with van der Waals surface area (Å²) in [5.74, 6) is -1.35. The van der Waals surface area contributed by atoms with E-state index < -0.39 is 23.9 Å². The van der Waals surface area contributed by atoms with Gasteiger partial charge in [-0.15, -0.1) is 0 Å². The van der Waals surface area contributed by atoms with Crippen LogP contribution in [0.5, 0.6) is 0 Å². The molecule has 0 unspecified atom stereocenters. The fourth-order valence-corrected chi connectivity index (χ4v) is 3.31. The molecule has 4 N–H and O–H groups in total. The molecule has 0 aromatic heterocycles. The molecular formula is C24H25N3O3. The van der Waals surface area contributed by atoms with Gasteiger partial charge < -0.3 is 16.4 Å². The van der Waals surface area contributed by atoms with Gasteiger partial charge in [0, 0.05) is 6.42 Å². The number of carbonyl (C=O) groups is 3. The number of nitrogens with one attached hydrogen (secondary N) is 2. The van der Waals surface area contributed by atoms with Gasteiger partial charge in [-0.1, -0.05) is 72.8 Å². The molecule has 154 valence electrons. The van der Waals surface area contributed by atoms with E-state index in [1.54, 1.807) is 0 Å². The number of hydrogen-bond acceptors (Lipinski definition) is 3. The predicted octanol–water partition coefficient (Wildman–Crippen LogP) is 2.10. The molecule has 30 heavy (non-hydrogen) atoms. The van der Waals surface area contributed by atoms with E-state index >= 15 is 0 Å². The second kappa shape index (κ2) is 9.69. The molecule has 3 amide bonds. The Morgan fingerprint density at radius 1 is 0.867 bits per heavy atom. The van der Waals surface area contributed by atoms with E-state index in [0.717, 1.165) is 21.9 Å². The zero-order chi connectivity index (χ0) is 21.5. The summed E-state index contributed by atoms with van der Waals surface area (Å²) in [6.45, 7) is 1.51. The monoisotopic (exact) mass is 403 g/mol. The lowest BCUT2D eigenvalue weighted by molar-refractivity contribution is -0.130. The maximum absolute atomic E-state index is 12.8. The standard InChI is InChI=1S/C24H25N3O3/c1-16(23(25)29)26-24(30)21(14-17-8-3-2-4-9-17)27-22(28)15-19-12-7-11-18-10-5-6-13-20(18)19/h2-13,16,21H,14-15H2,1H3,(H2,25,29)(H,26,30)(H,27,28)/t16-,21-/m0/s1. The van der Waals surface area contributed by atoms with Gasteiger partial charge in [-0.05, 0) is 28.8 Å². The van der Waals surface area contributed by atoms with E-state index in [-0.39, 0.29) is 12.3 Å². The van der Waals surface area contributed by atoms with Crippen molar-refractivity contribution in [1.29, 1.82) is 0 Å². The van der Waals surface area contributed by atoms with Gasteiger partial charge in [0.25, 0.3) is 0 Å². The number of nitrogens with two attached hydrogens (primary N) is 1. The summed E-state index contributed by atoms with van der Waals surface area (Å²) in [5.41, 5.74) is 7.03. The van der Waals surface area contributed by atoms with Crippen LogP contribution in [0.25, 0.3) is 10.8 Å². The van der Waals surface area contributed by atoms with Gasteiger partial charge in [0.05, 0.1) is 6.42 Å². The molecule has 3 aromatic carbocycles. The molecule has 0 saturated carbocycles. The minimum atomic E-state index is -0.828. The van der Waals surface area contributed by atoms with Crippen LogP contribution in [0, 0.1) is 0 Å². The van der Waals surface area contributed by atoms with Crippen molar-refractivity contribution in [2.45, 2.75) is 31.8 Å². The number of benzene rings is 3. The number of hydrogen-bond donors (Lipinski definition) is 3. The Bertz CT molecular complexity index is 1040. The molecule has 3 aromatic rings. The van der Waals surface area contributed by atoms with Crippen molar-refractivity contribution in [3.63, 3.8) is 0 Å². The van der Waals surface area contributed by atoms with Crippen molar-refractivity contribution in [1.82, 2.24) is 10.6 Å². The Morgan fingerprint density at radius 2 is 1.53 bits per heavy atom. The second-order valence-corrected chi connectivity index (χ2v) is 7.26. The van der Waals surface area contributed by atoms with Crippen LogP contribution in [0.1, 0.15) is 18.1 Å². The van der Waals surface area contributed by atoms with Crippen LogP contribution in [0.4, 0.5) is 0 Å². The lowest BCUT2D eigenvalue weighted by atomic mass is 10.0. The first-order chi connectivity index (χ1) is 14.4. The number of fused-ring (bicyclic) bond motifs is 1. The first-order valence-electron chi connectivity index (χ1n) is 9.83. The van der Waals surface area contributed by atoms with Crippen molar-refractivity contribution in [2.24, 2.45) is 5.73 Å². The van der Waals surface area contributed by atoms with Gasteiger partial charge in [0.2, 0.25) is 17.7 Å². The Labute approximate surface area is 175 Å². The first kappa shape index (κ1) is 21.0. The normalized spacial score (nSPS) is 12.7. The maximum atomic E-state index is 12.8. The molecule has 3 rings (SSSR count). The molecule has 0 spiro atoms. The van der Waals surface area contributed by atoms with Gasteiger partial charge in [0.15, 0.2) is 0 Å². The summed E-state index contributed by atoms with van der Waals surface area (Å²) in [7, 11) is 0. The molecule has 0 radical (unpaired) electrons. The summed E-state index contributed by atoms with van der Waals surface area (Å²) in [6, 6.07) is 21.4. The van der Waals surface area contributed by atoms with Gasteiger partial charge in [-0.25, -0.2) is 0 Å². The van der Waals surface area contributed by atoms with E-state index in [0.29, 0.717) is 6.42 Å². The smallest absolute Gasteiger partial charge is 0.243 e. The molecule has 6 nitrogen and oxygen atoms in total. The van der Waals surface area contributed by atoms with E-state index in [4.69, 9.17) is 5.73 Å². The van der Waals surface area contributed by atoms with Crippen LogP contribution in [-0.2, 0) is 27.2 Å². The third-order valence-electron chi connectivity index (χ3n) is 4.95. The fraction of sp³-hybridized carbons (Fsp3) is 0.208. The van der Waals surface area contributed by atoms with Crippen LogP contribution in [0.2, 0.25) is 0 Å². The van der Waals surface area contributed by atoms with Gasteiger partial charge in [-0.3, -0.25) is 14.4 Å². The van der Waals surface area contributed by atoms with E-state index in [1.165, 1.54) is 6.92 Å². The minimum absolute atomic E-state index is 0.144. The average Bonchev–Trinajstić information content (AvgIpc) is 2.74. The molecule has 2 atom stereocenters. The van der Waals surface area contributed by atoms with Crippen molar-refractivity contribution < 1.29 is 14.4 Å². The lowest BCUT2D eigenvalue weighted by Gasteiger charge is -2.20. The average molecular weight is 403 g/mol. The molecule has 0 bridgehead atoms. The summed E-state index contributed by atoms with van der Waals surface area (Å²) in [4.78, 5) is 36.9. The molecule has 0 aliphatic heterocycles. The van der Waals surface area contributed by atoms with Crippen LogP contribution >= 0.6 is 0 Å². The molecular weight excluding hydrogens is 378 g/mol. The Kier molecular flexibility index (Phi) is 6.80. The first-order valence-corrected chi connectivity index (χ1v) is 9.83. The Balaban J connectivity index is 1.76. The molecule has 0 saturated heterocycles. The second-order valence-electron chi connectivity index (χ2n) is 7.26. The molecule has 0 aliphatic rings. The van der Waals surface area contributed by atoms with Gasteiger partial charge >= 0.3 is 0 Å². The number of primary amides is 1. The fourth-order valence-electron chi connectivity index (χ4n) is 3.31. The quantitative estimate of drug-likeness (QED) is 0.537. The highest BCUT2D eigenvalue weighted by molar-refractivity contribution is 5.94.